The van der Waals surface area contributed by atoms with Crippen LogP contribution in [0.15, 0.2) is 0 Å². The second-order valence-corrected chi connectivity index (χ2v) is 6.13. The average Bonchev–Trinajstić information content (AvgIpc) is 2.29. The van der Waals surface area contributed by atoms with Crippen molar-refractivity contribution in [3.05, 3.63) is 0 Å². The fraction of sp³-hybridized carbons (Fsp3) is 1.00. The van der Waals surface area contributed by atoms with E-state index in [-0.39, 0.29) is 0 Å². The summed E-state index contributed by atoms with van der Waals surface area (Å²) in [5.74, 6) is 1.70. The Balaban J connectivity index is 2.17. The Kier molecular flexibility index (Phi) is 7.14. The maximum Gasteiger partial charge on any atom is 0.0118 e. The molecule has 1 rings (SSSR count). The normalized spacial score (nSPS) is 27.4. The van der Waals surface area contributed by atoms with E-state index >= 15 is 0 Å². The molecule has 102 valence electrons. The SMILES string of the molecule is CC(CCN)CCCN(C)C1CCCCC1C. The minimum Gasteiger partial charge on any atom is -0.330 e. The van der Waals surface area contributed by atoms with Crippen LogP contribution in [0.1, 0.15) is 58.8 Å². The molecule has 1 aliphatic rings. The molecule has 3 unspecified atom stereocenters. The summed E-state index contributed by atoms with van der Waals surface area (Å²) in [5, 5.41) is 0. The molecule has 0 aliphatic heterocycles. The zero-order chi connectivity index (χ0) is 12.7. The molecule has 3 atom stereocenters. The Morgan fingerprint density at radius 3 is 2.59 bits per heavy atom. The van der Waals surface area contributed by atoms with Crippen LogP contribution in [0.4, 0.5) is 0 Å². The van der Waals surface area contributed by atoms with Crippen LogP contribution in [0.3, 0.4) is 0 Å². The molecule has 0 saturated heterocycles. The second kappa shape index (κ2) is 8.10. The van der Waals surface area contributed by atoms with Crippen LogP contribution in [0, 0.1) is 11.8 Å². The van der Waals surface area contributed by atoms with Gasteiger partial charge < -0.3 is 10.6 Å². The first-order chi connectivity index (χ1) is 8.15. The maximum absolute atomic E-state index is 5.59. The van der Waals surface area contributed by atoms with E-state index in [0.29, 0.717) is 0 Å². The van der Waals surface area contributed by atoms with Gasteiger partial charge >= 0.3 is 0 Å². The predicted octanol–water partition coefficient (Wildman–Crippen LogP) is 3.26. The quantitative estimate of drug-likeness (QED) is 0.740. The highest BCUT2D eigenvalue weighted by atomic mass is 15.1. The topological polar surface area (TPSA) is 29.3 Å². The third-order valence-corrected chi connectivity index (χ3v) is 4.50. The molecule has 0 aromatic rings. The minimum absolute atomic E-state index is 0.803. The highest BCUT2D eigenvalue weighted by Gasteiger charge is 2.24. The van der Waals surface area contributed by atoms with Crippen LogP contribution in [0.25, 0.3) is 0 Å². The van der Waals surface area contributed by atoms with Gasteiger partial charge in [0.1, 0.15) is 0 Å². The Morgan fingerprint density at radius 1 is 1.24 bits per heavy atom. The number of rotatable bonds is 7. The summed E-state index contributed by atoms with van der Waals surface area (Å²) in [6.07, 6.45) is 9.57. The van der Waals surface area contributed by atoms with Gasteiger partial charge in [0, 0.05) is 6.04 Å². The van der Waals surface area contributed by atoms with Gasteiger partial charge in [0.25, 0.3) is 0 Å². The molecule has 0 spiro atoms. The molecule has 0 aromatic carbocycles. The fourth-order valence-corrected chi connectivity index (χ4v) is 3.24. The van der Waals surface area contributed by atoms with Crippen LogP contribution in [-0.2, 0) is 0 Å². The van der Waals surface area contributed by atoms with E-state index in [1.807, 2.05) is 0 Å². The molecule has 2 heteroatoms. The van der Waals surface area contributed by atoms with Crippen LogP contribution in [0.5, 0.6) is 0 Å². The maximum atomic E-state index is 5.59. The smallest absolute Gasteiger partial charge is 0.0118 e. The van der Waals surface area contributed by atoms with Crippen molar-refractivity contribution in [3.63, 3.8) is 0 Å². The van der Waals surface area contributed by atoms with Crippen molar-refractivity contribution >= 4 is 0 Å². The lowest BCUT2D eigenvalue weighted by atomic mass is 9.85. The van der Waals surface area contributed by atoms with Gasteiger partial charge in [-0.05, 0) is 64.1 Å². The number of nitrogens with zero attached hydrogens (tertiary/aromatic N) is 1. The molecular formula is C15H32N2. The Morgan fingerprint density at radius 2 is 1.94 bits per heavy atom. The second-order valence-electron chi connectivity index (χ2n) is 6.13. The molecule has 0 radical (unpaired) electrons. The van der Waals surface area contributed by atoms with Crippen molar-refractivity contribution in [3.8, 4) is 0 Å². The van der Waals surface area contributed by atoms with Gasteiger partial charge in [-0.15, -0.1) is 0 Å². The van der Waals surface area contributed by atoms with E-state index in [2.05, 4.69) is 25.8 Å². The molecule has 0 bridgehead atoms. The van der Waals surface area contributed by atoms with E-state index in [0.717, 1.165) is 24.4 Å². The first-order valence-electron chi connectivity index (χ1n) is 7.55. The number of hydrogen-bond donors (Lipinski definition) is 1. The molecule has 17 heavy (non-hydrogen) atoms. The first-order valence-corrected chi connectivity index (χ1v) is 7.55. The molecule has 0 heterocycles. The fourth-order valence-electron chi connectivity index (χ4n) is 3.24. The Hall–Kier alpha value is -0.0800. The zero-order valence-corrected chi connectivity index (χ0v) is 12.1. The predicted molar refractivity (Wildman–Crippen MR) is 76.1 cm³/mol. The average molecular weight is 240 g/mol. The van der Waals surface area contributed by atoms with Gasteiger partial charge in [0.2, 0.25) is 0 Å². The van der Waals surface area contributed by atoms with Crippen LogP contribution in [-0.4, -0.2) is 31.1 Å². The van der Waals surface area contributed by atoms with Gasteiger partial charge in [-0.25, -0.2) is 0 Å². The lowest BCUT2D eigenvalue weighted by molar-refractivity contribution is 0.136. The van der Waals surface area contributed by atoms with Gasteiger partial charge in [-0.1, -0.05) is 26.7 Å². The monoisotopic (exact) mass is 240 g/mol. The summed E-state index contributed by atoms with van der Waals surface area (Å²) in [7, 11) is 2.32. The van der Waals surface area contributed by atoms with Crippen molar-refractivity contribution < 1.29 is 0 Å². The zero-order valence-electron chi connectivity index (χ0n) is 12.1. The van der Waals surface area contributed by atoms with Gasteiger partial charge in [-0.3, -0.25) is 0 Å². The minimum atomic E-state index is 0.803. The van der Waals surface area contributed by atoms with E-state index in [1.165, 1.54) is 51.5 Å². The standard InChI is InChI=1S/C15H32N2/c1-13(10-11-16)7-6-12-17(3)15-9-5-4-8-14(15)2/h13-15H,4-12,16H2,1-3H3. The van der Waals surface area contributed by atoms with Crippen molar-refractivity contribution in [2.45, 2.75) is 64.8 Å². The molecule has 2 nitrogen and oxygen atoms in total. The molecule has 0 amide bonds. The number of nitrogens with two attached hydrogens (primary N) is 1. The summed E-state index contributed by atoms with van der Waals surface area (Å²) < 4.78 is 0. The summed E-state index contributed by atoms with van der Waals surface area (Å²) >= 11 is 0. The Bertz CT molecular complexity index is 193. The lowest BCUT2D eigenvalue weighted by Crippen LogP contribution is -2.39. The van der Waals surface area contributed by atoms with E-state index in [1.54, 1.807) is 0 Å². The molecule has 1 saturated carbocycles. The molecule has 1 aliphatic carbocycles. The Labute approximate surface area is 108 Å². The van der Waals surface area contributed by atoms with Crippen molar-refractivity contribution in [2.24, 2.45) is 17.6 Å². The van der Waals surface area contributed by atoms with Crippen molar-refractivity contribution in [1.29, 1.82) is 0 Å². The molecule has 0 aromatic heterocycles. The van der Waals surface area contributed by atoms with Gasteiger partial charge in [0.15, 0.2) is 0 Å². The van der Waals surface area contributed by atoms with Gasteiger partial charge in [-0.2, -0.15) is 0 Å². The van der Waals surface area contributed by atoms with Crippen LogP contribution in [0.2, 0.25) is 0 Å². The van der Waals surface area contributed by atoms with Crippen LogP contribution < -0.4 is 5.73 Å². The van der Waals surface area contributed by atoms with Crippen molar-refractivity contribution in [1.82, 2.24) is 4.90 Å². The summed E-state index contributed by atoms with van der Waals surface area (Å²) in [6.45, 7) is 6.87. The lowest BCUT2D eigenvalue weighted by Gasteiger charge is -2.36. The molecule has 2 N–H and O–H groups in total. The first kappa shape index (κ1) is 15.0. The molecule has 1 fully saturated rings. The van der Waals surface area contributed by atoms with E-state index < -0.39 is 0 Å². The molecular weight excluding hydrogens is 208 g/mol. The third kappa shape index (κ3) is 5.39. The highest BCUT2D eigenvalue weighted by Crippen LogP contribution is 2.27. The largest absolute Gasteiger partial charge is 0.330 e. The number of hydrogen-bond acceptors (Lipinski definition) is 2. The highest BCUT2D eigenvalue weighted by molar-refractivity contribution is 4.79. The van der Waals surface area contributed by atoms with Gasteiger partial charge in [0.05, 0.1) is 0 Å². The van der Waals surface area contributed by atoms with Crippen molar-refractivity contribution in [2.75, 3.05) is 20.1 Å². The van der Waals surface area contributed by atoms with E-state index in [9.17, 15) is 0 Å². The summed E-state index contributed by atoms with van der Waals surface area (Å²) in [6, 6.07) is 0.841. The van der Waals surface area contributed by atoms with Crippen LogP contribution >= 0.6 is 0 Å². The summed E-state index contributed by atoms with van der Waals surface area (Å²) in [5.41, 5.74) is 5.59. The van der Waals surface area contributed by atoms with E-state index in [4.69, 9.17) is 5.73 Å². The third-order valence-electron chi connectivity index (χ3n) is 4.50. The summed E-state index contributed by atoms with van der Waals surface area (Å²) in [4.78, 5) is 2.61.